The summed E-state index contributed by atoms with van der Waals surface area (Å²) in [5, 5.41) is 6.37. The van der Waals surface area contributed by atoms with Gasteiger partial charge in [0.15, 0.2) is 0 Å². The van der Waals surface area contributed by atoms with Gasteiger partial charge in [0.25, 0.3) is 0 Å². The molecule has 5 rings (SSSR count). The van der Waals surface area contributed by atoms with Crippen LogP contribution in [0.3, 0.4) is 0 Å². The van der Waals surface area contributed by atoms with E-state index in [1.54, 1.807) is 12.3 Å². The summed E-state index contributed by atoms with van der Waals surface area (Å²) in [6.45, 7) is 6.51. The average Bonchev–Trinajstić information content (AvgIpc) is 2.95. The Bertz CT molecular complexity index is 1350. The molecule has 3 heterocycles. The van der Waals surface area contributed by atoms with Crippen molar-refractivity contribution in [1.29, 1.82) is 0 Å². The van der Waals surface area contributed by atoms with Crippen LogP contribution in [0.15, 0.2) is 79.0 Å². The summed E-state index contributed by atoms with van der Waals surface area (Å²) < 4.78 is 11.2. The van der Waals surface area contributed by atoms with E-state index in [0.717, 1.165) is 67.5 Å². The van der Waals surface area contributed by atoms with Gasteiger partial charge in [-0.25, -0.2) is 9.97 Å². The zero-order chi connectivity index (χ0) is 27.6. The minimum atomic E-state index is -0.166. The molecule has 0 spiro atoms. The lowest BCUT2D eigenvalue weighted by atomic mass is 10.1. The predicted octanol–water partition coefficient (Wildman–Crippen LogP) is 4.23. The molecule has 9 heteroatoms. The van der Waals surface area contributed by atoms with Gasteiger partial charge in [0.05, 0.1) is 32.1 Å². The highest BCUT2D eigenvalue weighted by atomic mass is 16.5. The third-order valence-corrected chi connectivity index (χ3v) is 6.65. The van der Waals surface area contributed by atoms with Crippen LogP contribution >= 0.6 is 0 Å². The molecule has 9 nitrogen and oxygen atoms in total. The molecule has 0 atom stereocenters. The lowest BCUT2D eigenvalue weighted by Crippen LogP contribution is -2.36. The van der Waals surface area contributed by atoms with E-state index in [-0.39, 0.29) is 5.91 Å². The minimum Gasteiger partial charge on any atom is -0.379 e. The Hall–Kier alpha value is -3.89. The van der Waals surface area contributed by atoms with Crippen LogP contribution in [-0.2, 0) is 27.4 Å². The minimum absolute atomic E-state index is 0.166. The highest BCUT2D eigenvalue weighted by Gasteiger charge is 2.11. The van der Waals surface area contributed by atoms with Crippen molar-refractivity contribution in [1.82, 2.24) is 19.8 Å². The summed E-state index contributed by atoms with van der Waals surface area (Å²) in [5.74, 6) is 0.316. The molecular weight excluding hydrogens is 504 g/mol. The molecule has 40 heavy (non-hydrogen) atoms. The lowest BCUT2D eigenvalue weighted by Gasteiger charge is -2.25. The van der Waals surface area contributed by atoms with Crippen LogP contribution in [0.1, 0.15) is 11.1 Å². The van der Waals surface area contributed by atoms with Gasteiger partial charge < -0.3 is 20.1 Å². The summed E-state index contributed by atoms with van der Waals surface area (Å²) in [7, 11) is 2.06. The van der Waals surface area contributed by atoms with Gasteiger partial charge in [-0.05, 0) is 48.5 Å². The van der Waals surface area contributed by atoms with Crippen molar-refractivity contribution in [2.24, 2.45) is 0 Å². The Kier molecular flexibility index (Phi) is 9.65. The van der Waals surface area contributed by atoms with E-state index in [9.17, 15) is 4.79 Å². The van der Waals surface area contributed by atoms with Gasteiger partial charge in [-0.15, -0.1) is 0 Å². The molecule has 208 valence electrons. The smallest absolute Gasteiger partial charge is 0.248 e. The summed E-state index contributed by atoms with van der Waals surface area (Å²) >= 11 is 0. The van der Waals surface area contributed by atoms with Crippen molar-refractivity contribution in [3.63, 3.8) is 0 Å². The SMILES string of the molecule is CN1C/C=C/COCc2cccc(c2)-c2ccnc(n2)Nc2cc(cc(NC(=O)/C=C/CN3CCOCC3)c2)C1. The predicted molar refractivity (Wildman–Crippen MR) is 157 cm³/mol. The molecule has 6 bridgehead atoms. The molecule has 2 N–H and O–H groups in total. The van der Waals surface area contributed by atoms with Crippen LogP contribution in [0.4, 0.5) is 17.3 Å². The summed E-state index contributed by atoms with van der Waals surface area (Å²) in [6.07, 6.45) is 9.40. The molecule has 2 aliphatic rings. The second-order valence-electron chi connectivity index (χ2n) is 10.00. The third kappa shape index (κ3) is 8.30. The number of rotatable bonds is 4. The number of ether oxygens (including phenoxy) is 2. The van der Waals surface area contributed by atoms with Crippen molar-refractivity contribution < 1.29 is 14.3 Å². The van der Waals surface area contributed by atoms with Crippen molar-refractivity contribution >= 4 is 23.2 Å². The maximum atomic E-state index is 12.7. The van der Waals surface area contributed by atoms with Crippen LogP contribution in [0.25, 0.3) is 11.3 Å². The van der Waals surface area contributed by atoms with E-state index in [1.807, 2.05) is 42.5 Å². The van der Waals surface area contributed by atoms with Gasteiger partial charge in [0, 0.05) is 61.9 Å². The third-order valence-electron chi connectivity index (χ3n) is 6.65. The number of carbonyl (C=O) groups excluding carboxylic acids is 1. The highest BCUT2D eigenvalue weighted by Crippen LogP contribution is 2.25. The Balaban J connectivity index is 1.37. The van der Waals surface area contributed by atoms with Gasteiger partial charge in [-0.1, -0.05) is 36.4 Å². The van der Waals surface area contributed by atoms with Crippen LogP contribution in [0, 0.1) is 0 Å². The number of benzene rings is 2. The van der Waals surface area contributed by atoms with E-state index < -0.39 is 0 Å². The molecule has 2 aliphatic heterocycles. The normalized spacial score (nSPS) is 17.9. The first kappa shape index (κ1) is 27.7. The second-order valence-corrected chi connectivity index (χ2v) is 10.00. The summed E-state index contributed by atoms with van der Waals surface area (Å²) in [4.78, 5) is 26.4. The van der Waals surface area contributed by atoms with Gasteiger partial charge in [0.2, 0.25) is 11.9 Å². The number of fused-ring (bicyclic) bond motifs is 7. The van der Waals surface area contributed by atoms with E-state index >= 15 is 0 Å². The number of anilines is 3. The Morgan fingerprint density at radius 1 is 1.07 bits per heavy atom. The van der Waals surface area contributed by atoms with Gasteiger partial charge in [-0.3, -0.25) is 14.6 Å². The molecule has 0 unspecified atom stereocenters. The molecule has 0 saturated carbocycles. The standard InChI is InChI=1S/C31H36N6O3/c1-36-11-2-3-15-40-23-24-6-4-7-26(18-24)29-9-10-32-31(35-29)34-28-20-25(22-36)19-27(21-28)33-30(38)8-5-12-37-13-16-39-17-14-37/h2-10,18-21H,11-17,22-23H2,1H3,(H,33,38)(H,32,34,35)/b3-2+,8-5+. The van der Waals surface area contributed by atoms with E-state index in [1.165, 1.54) is 0 Å². The number of nitrogens with zero attached hydrogens (tertiary/aromatic N) is 4. The van der Waals surface area contributed by atoms with Crippen molar-refractivity contribution in [3.8, 4) is 11.3 Å². The molecule has 1 amide bonds. The van der Waals surface area contributed by atoms with Gasteiger partial charge in [-0.2, -0.15) is 0 Å². The number of hydrogen-bond acceptors (Lipinski definition) is 8. The Labute approximate surface area is 235 Å². The van der Waals surface area contributed by atoms with Crippen LogP contribution < -0.4 is 10.6 Å². The fourth-order valence-electron chi connectivity index (χ4n) is 4.68. The van der Waals surface area contributed by atoms with Crippen molar-refractivity contribution in [2.45, 2.75) is 13.2 Å². The Morgan fingerprint density at radius 3 is 2.88 bits per heavy atom. The molecular formula is C31H36N6O3. The quantitative estimate of drug-likeness (QED) is 0.375. The first-order valence-electron chi connectivity index (χ1n) is 13.6. The number of carbonyl (C=O) groups is 1. The molecule has 3 aromatic rings. The molecule has 1 saturated heterocycles. The second kappa shape index (κ2) is 14.0. The lowest BCUT2D eigenvalue weighted by molar-refractivity contribution is -0.111. The van der Waals surface area contributed by atoms with Crippen LogP contribution in [0.2, 0.25) is 0 Å². The zero-order valence-electron chi connectivity index (χ0n) is 22.9. The fraction of sp³-hybridized carbons (Fsp3) is 0.323. The number of likely N-dealkylation sites (N-methyl/N-ethyl adjacent to an activating group) is 1. The zero-order valence-corrected chi connectivity index (χ0v) is 22.9. The number of amides is 1. The Morgan fingerprint density at radius 2 is 1.98 bits per heavy atom. The molecule has 1 aromatic heterocycles. The number of hydrogen-bond donors (Lipinski definition) is 2. The summed E-state index contributed by atoms with van der Waals surface area (Å²) in [5.41, 5.74) is 5.45. The molecule has 0 aliphatic carbocycles. The monoisotopic (exact) mass is 540 g/mol. The molecule has 1 fully saturated rings. The summed E-state index contributed by atoms with van der Waals surface area (Å²) in [6, 6.07) is 16.1. The largest absolute Gasteiger partial charge is 0.379 e. The van der Waals surface area contributed by atoms with Crippen LogP contribution in [0.5, 0.6) is 0 Å². The van der Waals surface area contributed by atoms with Gasteiger partial charge >= 0.3 is 0 Å². The maximum Gasteiger partial charge on any atom is 0.248 e. The first-order chi connectivity index (χ1) is 19.6. The molecule has 0 radical (unpaired) electrons. The van der Waals surface area contributed by atoms with Crippen molar-refractivity contribution in [2.75, 3.05) is 63.7 Å². The highest BCUT2D eigenvalue weighted by molar-refractivity contribution is 5.99. The number of nitrogens with one attached hydrogen (secondary N) is 2. The average molecular weight is 541 g/mol. The van der Waals surface area contributed by atoms with E-state index in [2.05, 4.69) is 56.7 Å². The molecule has 2 aromatic carbocycles. The van der Waals surface area contributed by atoms with E-state index in [0.29, 0.717) is 31.4 Å². The number of morpholine rings is 1. The van der Waals surface area contributed by atoms with Crippen molar-refractivity contribution in [3.05, 3.63) is 90.2 Å². The van der Waals surface area contributed by atoms with E-state index in [4.69, 9.17) is 14.5 Å². The maximum absolute atomic E-state index is 12.7. The van der Waals surface area contributed by atoms with Crippen LogP contribution in [-0.4, -0.2) is 78.7 Å². The fourth-order valence-corrected chi connectivity index (χ4v) is 4.68. The topological polar surface area (TPSA) is 91.8 Å². The number of aromatic nitrogens is 2. The van der Waals surface area contributed by atoms with Gasteiger partial charge in [0.1, 0.15) is 0 Å². The first-order valence-corrected chi connectivity index (χ1v) is 13.6.